The molecule has 0 radical (unpaired) electrons. The van der Waals surface area contributed by atoms with Crippen LogP contribution in [0.2, 0.25) is 0 Å². The molecule has 0 amide bonds. The molecule has 1 fully saturated rings. The zero-order chi connectivity index (χ0) is 12.9. The molecule has 4 N–H and O–H groups in total. The van der Waals surface area contributed by atoms with Crippen LogP contribution in [0.5, 0.6) is 0 Å². The zero-order valence-corrected chi connectivity index (χ0v) is 11.1. The minimum atomic E-state index is -3.36. The van der Waals surface area contributed by atoms with E-state index in [1.165, 1.54) is 4.31 Å². The molecule has 0 aromatic rings. The lowest BCUT2D eigenvalue weighted by molar-refractivity contribution is 0.265. The van der Waals surface area contributed by atoms with Crippen molar-refractivity contribution in [2.75, 3.05) is 13.1 Å². The second-order valence-electron chi connectivity index (χ2n) is 4.48. The predicted molar refractivity (Wildman–Crippen MR) is 68.1 cm³/mol. The van der Waals surface area contributed by atoms with E-state index in [4.69, 9.17) is 11.1 Å². The number of hydrogen-bond donors (Lipinski definition) is 3. The van der Waals surface area contributed by atoms with Crippen molar-refractivity contribution in [1.82, 2.24) is 9.03 Å². The summed E-state index contributed by atoms with van der Waals surface area (Å²) in [5.74, 6) is 0.0931. The highest BCUT2D eigenvalue weighted by atomic mass is 32.2. The summed E-state index contributed by atoms with van der Waals surface area (Å²) in [5.41, 5.74) is 5.20. The fourth-order valence-corrected chi connectivity index (χ4v) is 3.51. The maximum Gasteiger partial charge on any atom is 0.279 e. The second kappa shape index (κ2) is 6.32. The van der Waals surface area contributed by atoms with E-state index in [0.717, 1.165) is 19.3 Å². The van der Waals surface area contributed by atoms with Gasteiger partial charge in [0.25, 0.3) is 10.2 Å². The number of rotatable bonds is 6. The molecular weight excluding hydrogens is 240 g/mol. The van der Waals surface area contributed by atoms with Crippen LogP contribution in [-0.2, 0) is 10.2 Å². The van der Waals surface area contributed by atoms with Crippen LogP contribution in [0.25, 0.3) is 0 Å². The number of piperidine rings is 1. The summed E-state index contributed by atoms with van der Waals surface area (Å²) in [7, 11) is -3.36. The summed E-state index contributed by atoms with van der Waals surface area (Å²) in [5, 5.41) is 7.05. The Morgan fingerprint density at radius 2 is 2.24 bits per heavy atom. The smallest absolute Gasteiger partial charge is 0.279 e. The van der Waals surface area contributed by atoms with Crippen molar-refractivity contribution in [3.05, 3.63) is 0 Å². The molecule has 0 aromatic heterocycles. The Bertz CT molecular complexity index is 355. The number of hydrogen-bond acceptors (Lipinski definition) is 3. The van der Waals surface area contributed by atoms with E-state index < -0.39 is 10.2 Å². The van der Waals surface area contributed by atoms with Crippen molar-refractivity contribution in [2.24, 2.45) is 5.73 Å². The molecule has 100 valence electrons. The van der Waals surface area contributed by atoms with E-state index in [0.29, 0.717) is 25.9 Å². The third kappa shape index (κ3) is 4.61. The van der Waals surface area contributed by atoms with Crippen LogP contribution >= 0.6 is 0 Å². The Morgan fingerprint density at radius 1 is 1.53 bits per heavy atom. The predicted octanol–water partition coefficient (Wildman–Crippen LogP) is 0.411. The number of nitrogens with zero attached hydrogens (tertiary/aromatic N) is 1. The van der Waals surface area contributed by atoms with Gasteiger partial charge in [0.05, 0.1) is 5.84 Å². The quantitative estimate of drug-likeness (QED) is 0.367. The van der Waals surface area contributed by atoms with Gasteiger partial charge in [-0.3, -0.25) is 5.41 Å². The molecular formula is C10H22N4O2S. The summed E-state index contributed by atoms with van der Waals surface area (Å²) < 4.78 is 28.0. The van der Waals surface area contributed by atoms with Gasteiger partial charge in [-0.1, -0.05) is 6.42 Å². The summed E-state index contributed by atoms with van der Waals surface area (Å²) in [6, 6.07) is 0.0778. The van der Waals surface area contributed by atoms with Crippen molar-refractivity contribution in [2.45, 2.75) is 45.1 Å². The highest BCUT2D eigenvalue weighted by Gasteiger charge is 2.28. The average Bonchev–Trinajstić information content (AvgIpc) is 2.24. The molecule has 0 aliphatic carbocycles. The first-order valence-electron chi connectivity index (χ1n) is 6.03. The van der Waals surface area contributed by atoms with Crippen LogP contribution in [0.4, 0.5) is 0 Å². The second-order valence-corrected chi connectivity index (χ2v) is 6.19. The third-order valence-electron chi connectivity index (χ3n) is 2.96. The van der Waals surface area contributed by atoms with Crippen LogP contribution in [0.1, 0.15) is 39.0 Å². The van der Waals surface area contributed by atoms with Gasteiger partial charge in [-0.2, -0.15) is 12.7 Å². The molecule has 0 spiro atoms. The minimum Gasteiger partial charge on any atom is -0.388 e. The molecule has 1 aliphatic heterocycles. The molecule has 7 heteroatoms. The average molecular weight is 262 g/mol. The first kappa shape index (κ1) is 14.4. The molecule has 0 bridgehead atoms. The van der Waals surface area contributed by atoms with Crippen LogP contribution in [0, 0.1) is 5.41 Å². The van der Waals surface area contributed by atoms with Crippen molar-refractivity contribution in [3.63, 3.8) is 0 Å². The Hall–Kier alpha value is -0.660. The van der Waals surface area contributed by atoms with Gasteiger partial charge in [0.1, 0.15) is 0 Å². The van der Waals surface area contributed by atoms with Crippen molar-refractivity contribution in [3.8, 4) is 0 Å². The van der Waals surface area contributed by atoms with E-state index >= 15 is 0 Å². The number of amidine groups is 1. The first-order valence-corrected chi connectivity index (χ1v) is 7.47. The molecule has 1 saturated heterocycles. The lowest BCUT2D eigenvalue weighted by atomic mass is 10.1. The Balaban J connectivity index is 2.41. The van der Waals surface area contributed by atoms with Gasteiger partial charge >= 0.3 is 0 Å². The SMILES string of the molecule is CC1CCCCN1S(=O)(=O)NCCCC(=N)N. The van der Waals surface area contributed by atoms with Gasteiger partial charge in [0.2, 0.25) is 0 Å². The maximum absolute atomic E-state index is 12.0. The largest absolute Gasteiger partial charge is 0.388 e. The molecule has 1 rings (SSSR count). The highest BCUT2D eigenvalue weighted by molar-refractivity contribution is 7.87. The molecule has 6 nitrogen and oxygen atoms in total. The van der Waals surface area contributed by atoms with Crippen molar-refractivity contribution >= 4 is 16.0 Å². The number of nitrogens with two attached hydrogens (primary N) is 1. The summed E-state index contributed by atoms with van der Waals surface area (Å²) in [6.45, 7) is 2.88. The molecule has 0 aromatic carbocycles. The summed E-state index contributed by atoms with van der Waals surface area (Å²) >= 11 is 0. The molecule has 17 heavy (non-hydrogen) atoms. The highest BCUT2D eigenvalue weighted by Crippen LogP contribution is 2.18. The van der Waals surface area contributed by atoms with E-state index in [9.17, 15) is 8.42 Å². The lowest BCUT2D eigenvalue weighted by Gasteiger charge is -2.32. The van der Waals surface area contributed by atoms with E-state index in [1.54, 1.807) is 0 Å². The molecule has 1 heterocycles. The standard InChI is InChI=1S/C10H22N4O2S/c1-9-5-2-3-8-14(9)17(15,16)13-7-4-6-10(11)12/h9,13H,2-8H2,1H3,(H3,11,12). The fourth-order valence-electron chi connectivity index (χ4n) is 1.99. The van der Waals surface area contributed by atoms with Gasteiger partial charge in [-0.05, 0) is 26.2 Å². The summed E-state index contributed by atoms with van der Waals surface area (Å²) in [4.78, 5) is 0. The van der Waals surface area contributed by atoms with Gasteiger partial charge < -0.3 is 5.73 Å². The van der Waals surface area contributed by atoms with Gasteiger partial charge in [0, 0.05) is 25.6 Å². The Kier molecular flexibility index (Phi) is 5.35. The van der Waals surface area contributed by atoms with Gasteiger partial charge in [-0.15, -0.1) is 0 Å². The van der Waals surface area contributed by atoms with Crippen LogP contribution in [0.15, 0.2) is 0 Å². The van der Waals surface area contributed by atoms with E-state index in [-0.39, 0.29) is 11.9 Å². The fraction of sp³-hybridized carbons (Fsp3) is 0.900. The van der Waals surface area contributed by atoms with Gasteiger partial charge in [0.15, 0.2) is 0 Å². The Morgan fingerprint density at radius 3 is 2.82 bits per heavy atom. The topological polar surface area (TPSA) is 99.3 Å². The van der Waals surface area contributed by atoms with E-state index in [1.807, 2.05) is 6.92 Å². The minimum absolute atomic E-state index is 0.0778. The maximum atomic E-state index is 12.0. The molecule has 1 unspecified atom stereocenters. The molecule has 0 saturated carbocycles. The van der Waals surface area contributed by atoms with Crippen molar-refractivity contribution < 1.29 is 8.42 Å². The summed E-state index contributed by atoms with van der Waals surface area (Å²) in [6.07, 6.45) is 3.94. The lowest BCUT2D eigenvalue weighted by Crippen LogP contribution is -2.48. The van der Waals surface area contributed by atoms with Crippen LogP contribution < -0.4 is 10.5 Å². The monoisotopic (exact) mass is 262 g/mol. The van der Waals surface area contributed by atoms with Crippen LogP contribution in [0.3, 0.4) is 0 Å². The first-order chi connectivity index (χ1) is 7.93. The molecule has 1 atom stereocenters. The number of nitrogens with one attached hydrogen (secondary N) is 2. The third-order valence-corrected chi connectivity index (χ3v) is 4.69. The molecule has 1 aliphatic rings. The normalized spacial score (nSPS) is 22.5. The van der Waals surface area contributed by atoms with Crippen LogP contribution in [-0.4, -0.2) is 37.7 Å². The van der Waals surface area contributed by atoms with Crippen molar-refractivity contribution in [1.29, 1.82) is 5.41 Å². The van der Waals surface area contributed by atoms with Gasteiger partial charge in [-0.25, -0.2) is 4.72 Å². The Labute approximate surface area is 103 Å². The zero-order valence-electron chi connectivity index (χ0n) is 10.3. The van der Waals surface area contributed by atoms with E-state index in [2.05, 4.69) is 4.72 Å².